The number of sulfonamides is 1. The van der Waals surface area contributed by atoms with Gasteiger partial charge in [0.15, 0.2) is 0 Å². The van der Waals surface area contributed by atoms with E-state index < -0.39 is 10.0 Å². The van der Waals surface area contributed by atoms with E-state index in [0.29, 0.717) is 27.5 Å². The minimum atomic E-state index is -3.86. The highest BCUT2D eigenvalue weighted by Crippen LogP contribution is 2.24. The van der Waals surface area contributed by atoms with E-state index in [9.17, 15) is 13.2 Å². The molecule has 1 amide bonds. The van der Waals surface area contributed by atoms with Gasteiger partial charge in [-0.25, -0.2) is 8.42 Å². The van der Waals surface area contributed by atoms with Crippen LogP contribution in [0.4, 0.5) is 11.4 Å². The van der Waals surface area contributed by atoms with E-state index in [-0.39, 0.29) is 10.8 Å². The predicted molar refractivity (Wildman–Crippen MR) is 118 cm³/mol. The molecule has 0 saturated heterocycles. The molecule has 8 heteroatoms. The molecule has 0 radical (unpaired) electrons. The summed E-state index contributed by atoms with van der Waals surface area (Å²) in [5.74, 6) is -0.351. The van der Waals surface area contributed by atoms with E-state index >= 15 is 0 Å². The van der Waals surface area contributed by atoms with Crippen LogP contribution in [0.15, 0.2) is 90.0 Å². The number of fused-ring (bicyclic) bond motifs is 1. The molecule has 0 bridgehead atoms. The third-order valence-electron chi connectivity index (χ3n) is 4.41. The van der Waals surface area contributed by atoms with Crippen molar-refractivity contribution in [3.63, 3.8) is 0 Å². The number of nitrogens with one attached hydrogen (secondary N) is 2. The Balaban J connectivity index is 1.54. The van der Waals surface area contributed by atoms with Gasteiger partial charge in [0.1, 0.15) is 4.90 Å². The summed E-state index contributed by atoms with van der Waals surface area (Å²) in [6.07, 6.45) is 1.55. The standard InChI is InChI=1S/C22H16ClN3O3S/c23-18-7-1-2-8-19(18)25-22(27)16-10-12-17(13-11-16)26-30(28,29)20-9-3-5-15-6-4-14-24-21(15)20/h1-14,26H,(H,25,27). The van der Waals surface area contributed by atoms with E-state index in [4.69, 9.17) is 11.6 Å². The molecule has 0 aliphatic rings. The molecular weight excluding hydrogens is 422 g/mol. The molecule has 0 aliphatic heterocycles. The first kappa shape index (κ1) is 19.9. The van der Waals surface area contributed by atoms with Gasteiger partial charge in [-0.3, -0.25) is 14.5 Å². The van der Waals surface area contributed by atoms with Gasteiger partial charge < -0.3 is 5.32 Å². The Morgan fingerprint density at radius 2 is 1.60 bits per heavy atom. The Kier molecular flexibility index (Phi) is 5.39. The molecule has 4 aromatic rings. The van der Waals surface area contributed by atoms with Crippen LogP contribution in [0.1, 0.15) is 10.4 Å². The quantitative estimate of drug-likeness (QED) is 0.462. The van der Waals surface area contributed by atoms with Crippen LogP contribution in [0.2, 0.25) is 5.02 Å². The molecule has 3 aromatic carbocycles. The number of carbonyl (C=O) groups excluding carboxylic acids is 1. The van der Waals surface area contributed by atoms with Crippen LogP contribution in [0.3, 0.4) is 0 Å². The zero-order valence-corrected chi connectivity index (χ0v) is 17.1. The van der Waals surface area contributed by atoms with Crippen molar-refractivity contribution < 1.29 is 13.2 Å². The van der Waals surface area contributed by atoms with Crippen molar-refractivity contribution in [2.24, 2.45) is 0 Å². The van der Waals surface area contributed by atoms with Crippen molar-refractivity contribution >= 4 is 49.8 Å². The van der Waals surface area contributed by atoms with Crippen LogP contribution in [-0.4, -0.2) is 19.3 Å². The average molecular weight is 438 g/mol. The minimum absolute atomic E-state index is 0.0844. The number of carbonyl (C=O) groups is 1. The maximum atomic E-state index is 12.9. The van der Waals surface area contributed by atoms with Gasteiger partial charge in [-0.1, -0.05) is 41.9 Å². The molecule has 0 aliphatic carbocycles. The second-order valence-electron chi connectivity index (χ2n) is 6.45. The van der Waals surface area contributed by atoms with Crippen molar-refractivity contribution in [2.75, 3.05) is 10.0 Å². The number of aromatic nitrogens is 1. The topological polar surface area (TPSA) is 88.2 Å². The number of nitrogens with zero attached hydrogens (tertiary/aromatic N) is 1. The summed E-state index contributed by atoms with van der Waals surface area (Å²) < 4.78 is 28.3. The van der Waals surface area contributed by atoms with Gasteiger partial charge in [-0.15, -0.1) is 0 Å². The lowest BCUT2D eigenvalue weighted by atomic mass is 10.2. The van der Waals surface area contributed by atoms with Crippen LogP contribution in [0, 0.1) is 0 Å². The lowest BCUT2D eigenvalue weighted by molar-refractivity contribution is 0.102. The second-order valence-corrected chi connectivity index (χ2v) is 8.51. The molecule has 0 saturated carbocycles. The highest BCUT2D eigenvalue weighted by Gasteiger charge is 2.18. The van der Waals surface area contributed by atoms with Crippen LogP contribution in [-0.2, 0) is 10.0 Å². The van der Waals surface area contributed by atoms with E-state index in [0.717, 1.165) is 5.39 Å². The van der Waals surface area contributed by atoms with Gasteiger partial charge in [0.25, 0.3) is 15.9 Å². The summed E-state index contributed by atoms with van der Waals surface area (Å²) in [5, 5.41) is 3.88. The predicted octanol–water partition coefficient (Wildman–Crippen LogP) is 4.94. The number of hydrogen-bond acceptors (Lipinski definition) is 4. The Morgan fingerprint density at radius 1 is 0.867 bits per heavy atom. The number of amides is 1. The minimum Gasteiger partial charge on any atom is -0.321 e. The summed E-state index contributed by atoms with van der Waals surface area (Å²) in [6, 6.07) is 21.5. The first-order valence-corrected chi connectivity index (χ1v) is 10.8. The summed E-state index contributed by atoms with van der Waals surface area (Å²) in [6.45, 7) is 0. The molecule has 4 rings (SSSR count). The third-order valence-corrected chi connectivity index (χ3v) is 6.15. The molecule has 0 atom stereocenters. The fourth-order valence-electron chi connectivity index (χ4n) is 2.95. The molecular formula is C22H16ClN3O3S. The smallest absolute Gasteiger partial charge is 0.264 e. The summed E-state index contributed by atoms with van der Waals surface area (Å²) in [4.78, 5) is 16.7. The van der Waals surface area contributed by atoms with Gasteiger partial charge in [0.05, 0.1) is 16.2 Å². The van der Waals surface area contributed by atoms with Crippen molar-refractivity contribution in [1.82, 2.24) is 4.98 Å². The monoisotopic (exact) mass is 437 g/mol. The van der Waals surface area contributed by atoms with E-state index in [1.165, 1.54) is 30.3 Å². The maximum Gasteiger partial charge on any atom is 0.264 e. The molecule has 0 unspecified atom stereocenters. The zero-order valence-electron chi connectivity index (χ0n) is 15.5. The first-order chi connectivity index (χ1) is 14.4. The highest BCUT2D eigenvalue weighted by atomic mass is 35.5. The summed E-state index contributed by atoms with van der Waals surface area (Å²) in [5.41, 5.74) is 1.59. The van der Waals surface area contributed by atoms with E-state index in [1.54, 1.807) is 54.7 Å². The van der Waals surface area contributed by atoms with Gasteiger partial charge in [0.2, 0.25) is 0 Å². The Hall–Kier alpha value is -3.42. The van der Waals surface area contributed by atoms with E-state index in [2.05, 4.69) is 15.0 Å². The SMILES string of the molecule is O=C(Nc1ccccc1Cl)c1ccc(NS(=O)(=O)c2cccc3cccnc23)cc1. The summed E-state index contributed by atoms with van der Waals surface area (Å²) >= 11 is 6.06. The molecule has 2 N–H and O–H groups in total. The fraction of sp³-hybridized carbons (Fsp3) is 0. The van der Waals surface area contributed by atoms with E-state index in [1.807, 2.05) is 0 Å². The fourth-order valence-corrected chi connectivity index (χ4v) is 4.37. The Bertz CT molecular complexity index is 1330. The van der Waals surface area contributed by atoms with Gasteiger partial charge in [-0.05, 0) is 48.5 Å². The van der Waals surface area contributed by atoms with Crippen LogP contribution >= 0.6 is 11.6 Å². The van der Waals surface area contributed by atoms with Crippen molar-refractivity contribution in [3.05, 3.63) is 95.6 Å². The number of halogens is 1. The number of anilines is 2. The largest absolute Gasteiger partial charge is 0.321 e. The van der Waals surface area contributed by atoms with Crippen molar-refractivity contribution in [1.29, 1.82) is 0 Å². The third kappa shape index (κ3) is 4.12. The van der Waals surface area contributed by atoms with Gasteiger partial charge in [-0.2, -0.15) is 0 Å². The molecule has 150 valence electrons. The highest BCUT2D eigenvalue weighted by molar-refractivity contribution is 7.93. The van der Waals surface area contributed by atoms with Crippen LogP contribution in [0.25, 0.3) is 10.9 Å². The number of rotatable bonds is 5. The molecule has 30 heavy (non-hydrogen) atoms. The van der Waals surface area contributed by atoms with Crippen LogP contribution in [0.5, 0.6) is 0 Å². The Labute approximate surface area is 178 Å². The zero-order chi connectivity index (χ0) is 21.1. The maximum absolute atomic E-state index is 12.9. The number of pyridine rings is 1. The molecule has 0 fully saturated rings. The van der Waals surface area contributed by atoms with Gasteiger partial charge >= 0.3 is 0 Å². The van der Waals surface area contributed by atoms with Gasteiger partial charge in [0, 0.05) is 22.8 Å². The summed E-state index contributed by atoms with van der Waals surface area (Å²) in [7, 11) is -3.86. The number of para-hydroxylation sites is 2. The van der Waals surface area contributed by atoms with Crippen molar-refractivity contribution in [2.45, 2.75) is 4.90 Å². The normalized spacial score (nSPS) is 11.2. The average Bonchev–Trinajstić information content (AvgIpc) is 2.75. The lowest BCUT2D eigenvalue weighted by Crippen LogP contribution is -2.15. The molecule has 6 nitrogen and oxygen atoms in total. The molecule has 1 aromatic heterocycles. The first-order valence-electron chi connectivity index (χ1n) is 8.96. The van der Waals surface area contributed by atoms with Crippen LogP contribution < -0.4 is 10.0 Å². The molecule has 0 spiro atoms. The number of benzene rings is 3. The Morgan fingerprint density at radius 3 is 2.37 bits per heavy atom. The lowest BCUT2D eigenvalue weighted by Gasteiger charge is -2.11. The second kappa shape index (κ2) is 8.14. The molecule has 1 heterocycles. The number of hydrogen-bond donors (Lipinski definition) is 2. The van der Waals surface area contributed by atoms with Crippen molar-refractivity contribution in [3.8, 4) is 0 Å².